The van der Waals surface area contributed by atoms with Crippen molar-refractivity contribution in [3.8, 4) is 11.5 Å². The number of para-hydroxylation sites is 1. The van der Waals surface area contributed by atoms with Gasteiger partial charge in [0.25, 0.3) is 5.91 Å². The number of rotatable bonds is 3. The van der Waals surface area contributed by atoms with E-state index in [1.165, 1.54) is 0 Å². The number of carbonyl (C=O) groups excluding carboxylic acids is 2. The summed E-state index contributed by atoms with van der Waals surface area (Å²) in [5.41, 5.74) is 6.69. The van der Waals surface area contributed by atoms with Crippen LogP contribution < -0.4 is 20.9 Å². The molecule has 0 unspecified atom stereocenters. The van der Waals surface area contributed by atoms with Crippen molar-refractivity contribution in [2.24, 2.45) is 5.73 Å². The Morgan fingerprint density at radius 2 is 1.85 bits per heavy atom. The molecule has 7 nitrogen and oxygen atoms in total. The molecule has 1 aliphatic heterocycles. The van der Waals surface area contributed by atoms with E-state index in [9.17, 15) is 9.59 Å². The molecule has 0 fully saturated rings. The van der Waals surface area contributed by atoms with Gasteiger partial charge in [-0.15, -0.1) is 5.06 Å². The minimum Gasteiger partial charge on any atom is -0.457 e. The highest BCUT2D eigenvalue weighted by molar-refractivity contribution is 5.99. The molecule has 3 rings (SSSR count). The van der Waals surface area contributed by atoms with Crippen molar-refractivity contribution in [2.45, 2.75) is 38.8 Å². The average molecular weight is 369 g/mol. The quantitative estimate of drug-likeness (QED) is 0.867. The van der Waals surface area contributed by atoms with E-state index in [4.69, 9.17) is 15.3 Å². The molecule has 1 atom stereocenters. The first-order valence-electron chi connectivity index (χ1n) is 8.68. The van der Waals surface area contributed by atoms with Crippen LogP contribution in [-0.4, -0.2) is 23.6 Å². The predicted molar refractivity (Wildman–Crippen MR) is 101 cm³/mol. The lowest BCUT2D eigenvalue weighted by Crippen LogP contribution is -2.52. The summed E-state index contributed by atoms with van der Waals surface area (Å²) in [7, 11) is 0. The summed E-state index contributed by atoms with van der Waals surface area (Å²) in [6.07, 6.45) is -0.388. The van der Waals surface area contributed by atoms with Crippen LogP contribution in [0.15, 0.2) is 48.5 Å². The molecule has 2 aromatic rings. The Bertz CT molecular complexity index is 846. The lowest BCUT2D eigenvalue weighted by molar-refractivity contribution is -0.125. The van der Waals surface area contributed by atoms with Gasteiger partial charge in [0.1, 0.15) is 11.5 Å². The minimum atomic E-state index is -0.799. The van der Waals surface area contributed by atoms with E-state index in [2.05, 4.69) is 5.32 Å². The summed E-state index contributed by atoms with van der Waals surface area (Å²) in [5, 5.41) is 3.61. The van der Waals surface area contributed by atoms with Crippen LogP contribution in [0.5, 0.6) is 11.5 Å². The highest BCUT2D eigenvalue weighted by Gasteiger charge is 2.34. The number of fused-ring (bicyclic) bond motifs is 1. The second kappa shape index (κ2) is 7.28. The van der Waals surface area contributed by atoms with Crippen molar-refractivity contribution in [3.05, 3.63) is 54.1 Å². The molecule has 7 heteroatoms. The van der Waals surface area contributed by atoms with Gasteiger partial charge in [0.2, 0.25) is 0 Å². The number of amides is 2. The second-order valence-corrected chi connectivity index (χ2v) is 7.40. The zero-order valence-corrected chi connectivity index (χ0v) is 15.6. The summed E-state index contributed by atoms with van der Waals surface area (Å²) < 4.78 is 5.82. The van der Waals surface area contributed by atoms with E-state index >= 15 is 0 Å². The van der Waals surface area contributed by atoms with Gasteiger partial charge in [0.05, 0.1) is 11.7 Å². The van der Waals surface area contributed by atoms with Gasteiger partial charge in [0.15, 0.2) is 0 Å². The average Bonchev–Trinajstić information content (AvgIpc) is 2.58. The maximum atomic E-state index is 12.4. The molecule has 2 aromatic carbocycles. The van der Waals surface area contributed by atoms with Crippen molar-refractivity contribution in [3.63, 3.8) is 0 Å². The number of nitrogens with zero attached hydrogens (tertiary/aromatic N) is 1. The van der Waals surface area contributed by atoms with E-state index in [-0.39, 0.29) is 0 Å². The number of hydrogen-bond acceptors (Lipinski definition) is 5. The molecule has 1 aliphatic rings. The van der Waals surface area contributed by atoms with Gasteiger partial charge in [-0.3, -0.25) is 4.79 Å². The molecule has 0 bridgehead atoms. The molecule has 0 saturated carbocycles. The first-order chi connectivity index (χ1) is 12.7. The third-order valence-electron chi connectivity index (χ3n) is 3.86. The highest BCUT2D eigenvalue weighted by Crippen LogP contribution is 2.33. The Morgan fingerprint density at radius 1 is 1.15 bits per heavy atom. The largest absolute Gasteiger partial charge is 0.457 e. The molecule has 0 aliphatic carbocycles. The predicted octanol–water partition coefficient (Wildman–Crippen LogP) is 3.14. The maximum Gasteiger partial charge on any atom is 0.432 e. The van der Waals surface area contributed by atoms with E-state index in [1.807, 2.05) is 51.1 Å². The summed E-state index contributed by atoms with van der Waals surface area (Å²) in [5.74, 6) is 0.843. The molecule has 0 saturated heterocycles. The van der Waals surface area contributed by atoms with Crippen molar-refractivity contribution in [1.82, 2.24) is 5.32 Å². The van der Waals surface area contributed by atoms with Crippen molar-refractivity contribution in [2.75, 3.05) is 5.06 Å². The molecule has 3 N–H and O–H groups in total. The van der Waals surface area contributed by atoms with Gasteiger partial charge in [-0.2, -0.15) is 0 Å². The van der Waals surface area contributed by atoms with Gasteiger partial charge >= 0.3 is 6.09 Å². The number of benzene rings is 2. The maximum absolute atomic E-state index is 12.4. The third kappa shape index (κ3) is 4.57. The smallest absolute Gasteiger partial charge is 0.432 e. The summed E-state index contributed by atoms with van der Waals surface area (Å²) >= 11 is 0. The van der Waals surface area contributed by atoms with Crippen LogP contribution in [0.2, 0.25) is 0 Å². The molecule has 27 heavy (non-hydrogen) atoms. The number of ether oxygens (including phenoxy) is 1. The molecule has 0 aromatic heterocycles. The van der Waals surface area contributed by atoms with Crippen LogP contribution in [0, 0.1) is 0 Å². The lowest BCUT2D eigenvalue weighted by Gasteiger charge is -2.31. The number of carbonyl (C=O) groups is 2. The van der Waals surface area contributed by atoms with Gasteiger partial charge in [0, 0.05) is 5.54 Å². The number of nitrogens with two attached hydrogens (primary N) is 1. The Labute approximate surface area is 158 Å². The summed E-state index contributed by atoms with van der Waals surface area (Å²) in [4.78, 5) is 29.8. The molecule has 142 valence electrons. The number of hydroxylamine groups is 1. The zero-order valence-electron chi connectivity index (χ0n) is 15.6. The van der Waals surface area contributed by atoms with Gasteiger partial charge in [-0.1, -0.05) is 18.2 Å². The molecular formula is C20H23N3O4. The van der Waals surface area contributed by atoms with Crippen LogP contribution in [0.25, 0.3) is 0 Å². The summed E-state index contributed by atoms with van der Waals surface area (Å²) in [6.45, 7) is 5.46. The fraction of sp³-hybridized carbons (Fsp3) is 0.300. The SMILES string of the molecule is CC(C)(C)NC(=O)ON1C(=O)[C@@H](N)Cc2cc(Oc3ccccc3)ccc21. The summed E-state index contributed by atoms with van der Waals surface area (Å²) in [6, 6.07) is 13.8. The molecule has 0 spiro atoms. The van der Waals surface area contributed by atoms with Crippen molar-refractivity contribution < 1.29 is 19.2 Å². The van der Waals surface area contributed by atoms with Gasteiger partial charge in [-0.25, -0.2) is 4.79 Å². The topological polar surface area (TPSA) is 93.9 Å². The molecule has 0 radical (unpaired) electrons. The molecule has 2 amide bonds. The van der Waals surface area contributed by atoms with E-state index in [0.29, 0.717) is 23.6 Å². The fourth-order valence-electron chi connectivity index (χ4n) is 2.71. The number of anilines is 1. The highest BCUT2D eigenvalue weighted by atomic mass is 16.7. The third-order valence-corrected chi connectivity index (χ3v) is 3.86. The Kier molecular flexibility index (Phi) is 5.05. The normalized spacial score (nSPS) is 16.5. The van der Waals surface area contributed by atoms with E-state index in [1.54, 1.807) is 18.2 Å². The number of hydrogen-bond donors (Lipinski definition) is 2. The van der Waals surface area contributed by atoms with Crippen LogP contribution in [0.3, 0.4) is 0 Å². The van der Waals surface area contributed by atoms with Crippen LogP contribution in [0.4, 0.5) is 10.5 Å². The standard InChI is InChI=1S/C20H23N3O4/c1-20(2,3)22-19(25)27-23-17-10-9-15(26-14-7-5-4-6-8-14)11-13(17)12-16(21)18(23)24/h4-11,16H,12,21H2,1-3H3,(H,22,25)/t16-/m0/s1. The monoisotopic (exact) mass is 369 g/mol. The Morgan fingerprint density at radius 3 is 2.52 bits per heavy atom. The van der Waals surface area contributed by atoms with E-state index < -0.39 is 23.6 Å². The fourth-order valence-corrected chi connectivity index (χ4v) is 2.71. The lowest BCUT2D eigenvalue weighted by atomic mass is 9.99. The molecular weight excluding hydrogens is 346 g/mol. The van der Waals surface area contributed by atoms with Crippen molar-refractivity contribution in [1.29, 1.82) is 0 Å². The Balaban J connectivity index is 1.84. The zero-order chi connectivity index (χ0) is 19.6. The first-order valence-corrected chi connectivity index (χ1v) is 8.68. The van der Waals surface area contributed by atoms with Crippen LogP contribution >= 0.6 is 0 Å². The Hall–Kier alpha value is -3.06. The second-order valence-electron chi connectivity index (χ2n) is 7.40. The molecule has 1 heterocycles. The van der Waals surface area contributed by atoms with Crippen LogP contribution in [-0.2, 0) is 16.1 Å². The minimum absolute atomic E-state index is 0.334. The van der Waals surface area contributed by atoms with Gasteiger partial charge < -0.3 is 20.6 Å². The first kappa shape index (κ1) is 18.7. The van der Waals surface area contributed by atoms with E-state index in [0.717, 1.165) is 10.6 Å². The van der Waals surface area contributed by atoms with Gasteiger partial charge in [-0.05, 0) is 63.1 Å². The van der Waals surface area contributed by atoms with Crippen LogP contribution in [0.1, 0.15) is 26.3 Å². The van der Waals surface area contributed by atoms with Crippen molar-refractivity contribution >= 4 is 17.7 Å². The number of nitrogens with one attached hydrogen (secondary N) is 1.